The second-order valence-electron chi connectivity index (χ2n) is 9.56. The van der Waals surface area contributed by atoms with E-state index in [0.717, 1.165) is 54.3 Å². The van der Waals surface area contributed by atoms with E-state index in [-0.39, 0.29) is 29.4 Å². The first-order chi connectivity index (χ1) is 15.7. The van der Waals surface area contributed by atoms with Crippen LogP contribution in [0.25, 0.3) is 10.9 Å². The molecule has 1 aromatic carbocycles. The van der Waals surface area contributed by atoms with Gasteiger partial charge in [0.2, 0.25) is 0 Å². The van der Waals surface area contributed by atoms with Crippen LogP contribution < -0.4 is 0 Å². The molecule has 1 amide bonds. The first kappa shape index (κ1) is 23.7. The Morgan fingerprint density at radius 3 is 2.64 bits per heavy atom. The standard InChI is InChI=1S/C25H32N2O5S/c1-17(2)14-27(18-12-13-33(30,31)16-18)23(28)15-32-25(29)24-19-8-4-3-5-10-21(19)26-22-11-7-6-9-20(22)24/h6-7,9,11,17-18H,3-5,8,10,12-16H2,1-2H3. The minimum Gasteiger partial charge on any atom is -0.452 e. The van der Waals surface area contributed by atoms with Crippen LogP contribution in [0.15, 0.2) is 24.3 Å². The number of carbonyl (C=O) groups excluding carboxylic acids is 2. The zero-order chi connectivity index (χ0) is 23.6. The van der Waals surface area contributed by atoms with Gasteiger partial charge >= 0.3 is 5.97 Å². The van der Waals surface area contributed by atoms with E-state index in [4.69, 9.17) is 9.72 Å². The topological polar surface area (TPSA) is 93.6 Å². The van der Waals surface area contributed by atoms with Gasteiger partial charge in [0.05, 0.1) is 22.6 Å². The van der Waals surface area contributed by atoms with Crippen LogP contribution in [0.4, 0.5) is 0 Å². The number of sulfone groups is 1. The summed E-state index contributed by atoms with van der Waals surface area (Å²) in [6.45, 7) is 4.00. The molecule has 0 bridgehead atoms. The zero-order valence-electron chi connectivity index (χ0n) is 19.4. The summed E-state index contributed by atoms with van der Waals surface area (Å²) < 4.78 is 29.5. The first-order valence-corrected chi connectivity index (χ1v) is 13.6. The second-order valence-corrected chi connectivity index (χ2v) is 11.8. The summed E-state index contributed by atoms with van der Waals surface area (Å²) in [4.78, 5) is 32.8. The van der Waals surface area contributed by atoms with Gasteiger partial charge in [-0.15, -0.1) is 0 Å². The van der Waals surface area contributed by atoms with Gasteiger partial charge in [0.25, 0.3) is 5.91 Å². The Bertz CT molecular complexity index is 1160. The smallest absolute Gasteiger partial charge is 0.339 e. The predicted molar refractivity (Wildman–Crippen MR) is 127 cm³/mol. The van der Waals surface area contributed by atoms with Gasteiger partial charge in [-0.2, -0.15) is 0 Å². The predicted octanol–water partition coefficient (Wildman–Crippen LogP) is 3.33. The number of fused-ring (bicyclic) bond motifs is 2. The molecule has 33 heavy (non-hydrogen) atoms. The highest BCUT2D eigenvalue weighted by Gasteiger charge is 2.35. The lowest BCUT2D eigenvalue weighted by Crippen LogP contribution is -2.45. The summed E-state index contributed by atoms with van der Waals surface area (Å²) in [5, 5.41) is 0.747. The van der Waals surface area contributed by atoms with Crippen molar-refractivity contribution in [1.82, 2.24) is 9.88 Å². The van der Waals surface area contributed by atoms with Crippen LogP contribution >= 0.6 is 0 Å². The number of hydrogen-bond donors (Lipinski definition) is 0. The van der Waals surface area contributed by atoms with Gasteiger partial charge in [0.15, 0.2) is 16.4 Å². The van der Waals surface area contributed by atoms with Crippen molar-refractivity contribution in [1.29, 1.82) is 0 Å². The number of aryl methyl sites for hydroxylation is 1. The summed E-state index contributed by atoms with van der Waals surface area (Å²) in [7, 11) is -3.13. The van der Waals surface area contributed by atoms with Gasteiger partial charge in [-0.25, -0.2) is 13.2 Å². The molecule has 2 aliphatic rings. The monoisotopic (exact) mass is 472 g/mol. The fraction of sp³-hybridized carbons (Fsp3) is 0.560. The lowest BCUT2D eigenvalue weighted by atomic mass is 9.97. The Morgan fingerprint density at radius 1 is 1.15 bits per heavy atom. The number of pyridine rings is 1. The fourth-order valence-electron chi connectivity index (χ4n) is 4.93. The highest BCUT2D eigenvalue weighted by atomic mass is 32.2. The Balaban J connectivity index is 1.57. The van der Waals surface area contributed by atoms with Gasteiger partial charge in [-0.05, 0) is 49.7 Å². The molecule has 0 spiro atoms. The Labute approximate surface area is 195 Å². The number of carbonyl (C=O) groups is 2. The Kier molecular flexibility index (Phi) is 7.02. The average Bonchev–Trinajstić information content (AvgIpc) is 2.98. The molecule has 0 N–H and O–H groups in total. The number of aromatic nitrogens is 1. The van der Waals surface area contributed by atoms with Gasteiger partial charge < -0.3 is 9.64 Å². The molecule has 1 aliphatic heterocycles. The third kappa shape index (κ3) is 5.37. The Hall–Kier alpha value is -2.48. The number of para-hydroxylation sites is 1. The van der Waals surface area contributed by atoms with Crippen LogP contribution in [-0.4, -0.2) is 60.9 Å². The van der Waals surface area contributed by atoms with Crippen molar-refractivity contribution in [2.24, 2.45) is 5.92 Å². The first-order valence-electron chi connectivity index (χ1n) is 11.8. The van der Waals surface area contributed by atoms with E-state index >= 15 is 0 Å². The molecule has 2 heterocycles. The fourth-order valence-corrected chi connectivity index (χ4v) is 6.66. The van der Waals surface area contributed by atoms with E-state index < -0.39 is 22.4 Å². The van der Waals surface area contributed by atoms with Crippen molar-refractivity contribution in [3.63, 3.8) is 0 Å². The number of ether oxygens (including phenoxy) is 1. The van der Waals surface area contributed by atoms with Gasteiger partial charge in [0, 0.05) is 23.7 Å². The maximum absolute atomic E-state index is 13.3. The lowest BCUT2D eigenvalue weighted by molar-refractivity contribution is -0.137. The zero-order valence-corrected chi connectivity index (χ0v) is 20.2. The molecule has 1 aliphatic carbocycles. The highest BCUT2D eigenvalue weighted by Crippen LogP contribution is 2.29. The normalized spacial score (nSPS) is 19.8. The van der Waals surface area contributed by atoms with Crippen molar-refractivity contribution in [3.8, 4) is 0 Å². The second kappa shape index (κ2) is 9.79. The third-order valence-corrected chi connectivity index (χ3v) is 8.23. The minimum atomic E-state index is -3.13. The molecule has 1 aromatic heterocycles. The van der Waals surface area contributed by atoms with E-state index in [1.807, 2.05) is 38.1 Å². The number of esters is 1. The van der Waals surface area contributed by atoms with Crippen molar-refractivity contribution >= 4 is 32.6 Å². The number of benzene rings is 1. The Morgan fingerprint density at radius 2 is 1.91 bits per heavy atom. The van der Waals surface area contributed by atoms with Crippen molar-refractivity contribution in [3.05, 3.63) is 41.1 Å². The molecule has 2 aromatic rings. The molecule has 1 saturated heterocycles. The maximum atomic E-state index is 13.3. The number of nitrogens with zero attached hydrogens (tertiary/aromatic N) is 2. The summed E-state index contributed by atoms with van der Waals surface area (Å²) in [5.74, 6) is -0.615. The molecule has 8 heteroatoms. The van der Waals surface area contributed by atoms with Gasteiger partial charge in [-0.3, -0.25) is 9.78 Å². The largest absolute Gasteiger partial charge is 0.452 e. The van der Waals surface area contributed by atoms with E-state index in [0.29, 0.717) is 18.5 Å². The van der Waals surface area contributed by atoms with E-state index in [2.05, 4.69) is 0 Å². The molecular weight excluding hydrogens is 440 g/mol. The van der Waals surface area contributed by atoms with Crippen molar-refractivity contribution < 1.29 is 22.7 Å². The highest BCUT2D eigenvalue weighted by molar-refractivity contribution is 7.91. The summed E-state index contributed by atoms with van der Waals surface area (Å²) in [6.07, 6.45) is 5.15. The minimum absolute atomic E-state index is 0.0259. The molecule has 4 rings (SSSR count). The molecule has 1 atom stereocenters. The van der Waals surface area contributed by atoms with Gasteiger partial charge in [-0.1, -0.05) is 38.5 Å². The van der Waals surface area contributed by atoms with Crippen LogP contribution in [0, 0.1) is 5.92 Å². The van der Waals surface area contributed by atoms with E-state index in [9.17, 15) is 18.0 Å². The molecule has 0 radical (unpaired) electrons. The van der Waals surface area contributed by atoms with Crippen LogP contribution in [-0.2, 0) is 32.2 Å². The number of amides is 1. The maximum Gasteiger partial charge on any atom is 0.339 e. The summed E-state index contributed by atoms with van der Waals surface area (Å²) in [5.41, 5.74) is 3.16. The quantitative estimate of drug-likeness (QED) is 0.473. The van der Waals surface area contributed by atoms with Gasteiger partial charge in [0.1, 0.15) is 0 Å². The number of hydrogen-bond acceptors (Lipinski definition) is 6. The molecule has 7 nitrogen and oxygen atoms in total. The van der Waals surface area contributed by atoms with E-state index in [1.54, 1.807) is 4.90 Å². The van der Waals surface area contributed by atoms with E-state index in [1.165, 1.54) is 0 Å². The summed E-state index contributed by atoms with van der Waals surface area (Å²) >= 11 is 0. The van der Waals surface area contributed by atoms with Crippen LogP contribution in [0.5, 0.6) is 0 Å². The van der Waals surface area contributed by atoms with Crippen LogP contribution in [0.3, 0.4) is 0 Å². The molecule has 178 valence electrons. The molecule has 1 unspecified atom stereocenters. The molecule has 1 fully saturated rings. The van der Waals surface area contributed by atoms with Crippen LogP contribution in [0.1, 0.15) is 61.1 Å². The molecular formula is C25H32N2O5S. The van der Waals surface area contributed by atoms with Crippen LogP contribution in [0.2, 0.25) is 0 Å². The van der Waals surface area contributed by atoms with Crippen molar-refractivity contribution in [2.75, 3.05) is 24.7 Å². The third-order valence-electron chi connectivity index (χ3n) is 6.48. The van der Waals surface area contributed by atoms with Crippen molar-refractivity contribution in [2.45, 2.75) is 58.4 Å². The average molecular weight is 473 g/mol. The summed E-state index contributed by atoms with van der Waals surface area (Å²) in [6, 6.07) is 7.19. The SMILES string of the molecule is CC(C)CN(C(=O)COC(=O)c1c2c(nc3ccccc13)CCCCC2)C1CCS(=O)(=O)C1. The molecule has 0 saturated carbocycles. The lowest BCUT2D eigenvalue weighted by Gasteiger charge is -2.29. The number of rotatable bonds is 6.